The van der Waals surface area contributed by atoms with Gasteiger partial charge in [0.2, 0.25) is 5.91 Å². The summed E-state index contributed by atoms with van der Waals surface area (Å²) in [6, 6.07) is 14.0. The third-order valence-corrected chi connectivity index (χ3v) is 6.24. The molecular weight excluding hydrogens is 424 g/mol. The van der Waals surface area contributed by atoms with Gasteiger partial charge in [0.15, 0.2) is 0 Å². The van der Waals surface area contributed by atoms with Crippen LogP contribution in [0.5, 0.6) is 0 Å². The average Bonchev–Trinajstić information content (AvgIpc) is 2.73. The molecule has 2 amide bonds. The van der Waals surface area contributed by atoms with Crippen LogP contribution in [0.1, 0.15) is 54.6 Å². The zero-order valence-corrected chi connectivity index (χ0v) is 19.3. The SMILES string of the molecule is CC(C)(CN)CN(Cc1cc(NC(=O)C2CCC2)ccc1Cl)C(=O)c1ccc(C#N)cc1. The average molecular weight is 453 g/mol. The van der Waals surface area contributed by atoms with Crippen molar-refractivity contribution >= 4 is 29.1 Å². The molecule has 2 aromatic carbocycles. The molecule has 0 unspecified atom stereocenters. The first-order chi connectivity index (χ1) is 15.2. The number of carbonyl (C=O) groups is 2. The molecule has 0 radical (unpaired) electrons. The first kappa shape index (κ1) is 23.8. The van der Waals surface area contributed by atoms with Gasteiger partial charge in [-0.25, -0.2) is 0 Å². The number of nitrogens with two attached hydrogens (primary N) is 1. The lowest BCUT2D eigenvalue weighted by atomic mass is 9.85. The topological polar surface area (TPSA) is 99.2 Å². The Morgan fingerprint density at radius 1 is 1.22 bits per heavy atom. The maximum Gasteiger partial charge on any atom is 0.254 e. The molecule has 0 aliphatic heterocycles. The van der Waals surface area contributed by atoms with Crippen molar-refractivity contribution in [3.63, 3.8) is 0 Å². The van der Waals surface area contributed by atoms with E-state index in [1.165, 1.54) is 0 Å². The Bertz CT molecular complexity index is 1020. The maximum atomic E-state index is 13.3. The highest BCUT2D eigenvalue weighted by Gasteiger charge is 2.27. The van der Waals surface area contributed by atoms with Gasteiger partial charge >= 0.3 is 0 Å². The molecule has 0 aromatic heterocycles. The lowest BCUT2D eigenvalue weighted by molar-refractivity contribution is -0.122. The summed E-state index contributed by atoms with van der Waals surface area (Å²) in [5.74, 6) is -0.0655. The molecule has 1 fully saturated rings. The first-order valence-corrected chi connectivity index (χ1v) is 11.2. The Balaban J connectivity index is 1.84. The minimum atomic E-state index is -0.301. The molecule has 168 valence electrons. The normalized spacial score (nSPS) is 13.7. The van der Waals surface area contributed by atoms with Crippen LogP contribution in [0.2, 0.25) is 5.02 Å². The number of rotatable bonds is 8. The Labute approximate surface area is 194 Å². The number of hydrogen-bond acceptors (Lipinski definition) is 4. The van der Waals surface area contributed by atoms with E-state index in [1.54, 1.807) is 41.3 Å². The van der Waals surface area contributed by atoms with Crippen LogP contribution in [-0.2, 0) is 11.3 Å². The monoisotopic (exact) mass is 452 g/mol. The Morgan fingerprint density at radius 2 is 1.91 bits per heavy atom. The number of amides is 2. The van der Waals surface area contributed by atoms with E-state index in [4.69, 9.17) is 22.6 Å². The number of halogens is 1. The third-order valence-electron chi connectivity index (χ3n) is 5.87. The van der Waals surface area contributed by atoms with Gasteiger partial charge in [0, 0.05) is 35.3 Å². The number of benzene rings is 2. The second kappa shape index (κ2) is 10.2. The summed E-state index contributed by atoms with van der Waals surface area (Å²) in [6.07, 6.45) is 2.94. The van der Waals surface area contributed by atoms with Crippen LogP contribution in [0.3, 0.4) is 0 Å². The lowest BCUT2D eigenvalue weighted by Gasteiger charge is -2.32. The van der Waals surface area contributed by atoms with Gasteiger partial charge in [-0.2, -0.15) is 5.26 Å². The van der Waals surface area contributed by atoms with E-state index < -0.39 is 0 Å². The summed E-state index contributed by atoms with van der Waals surface area (Å²) in [6.45, 7) is 5.12. The summed E-state index contributed by atoms with van der Waals surface area (Å²) in [5, 5.41) is 12.5. The predicted molar refractivity (Wildman–Crippen MR) is 126 cm³/mol. The van der Waals surface area contributed by atoms with Crippen LogP contribution >= 0.6 is 11.6 Å². The Hall–Kier alpha value is -2.88. The van der Waals surface area contributed by atoms with Gasteiger partial charge in [-0.1, -0.05) is 31.9 Å². The zero-order chi connectivity index (χ0) is 23.3. The number of anilines is 1. The fraction of sp³-hybridized carbons (Fsp3) is 0.400. The molecule has 0 heterocycles. The van der Waals surface area contributed by atoms with E-state index in [9.17, 15) is 9.59 Å². The fourth-order valence-corrected chi connectivity index (χ4v) is 3.72. The molecule has 3 N–H and O–H groups in total. The summed E-state index contributed by atoms with van der Waals surface area (Å²) in [5.41, 5.74) is 8.03. The molecule has 32 heavy (non-hydrogen) atoms. The van der Waals surface area contributed by atoms with Crippen LogP contribution in [0.15, 0.2) is 42.5 Å². The minimum absolute atomic E-state index is 0.0271. The van der Waals surface area contributed by atoms with Gasteiger partial charge < -0.3 is 16.0 Å². The maximum absolute atomic E-state index is 13.3. The van der Waals surface area contributed by atoms with Crippen molar-refractivity contribution in [3.8, 4) is 6.07 Å². The minimum Gasteiger partial charge on any atom is -0.334 e. The van der Waals surface area contributed by atoms with Crippen LogP contribution in [0.25, 0.3) is 0 Å². The molecule has 0 bridgehead atoms. The van der Waals surface area contributed by atoms with Crippen molar-refractivity contribution in [2.24, 2.45) is 17.1 Å². The van der Waals surface area contributed by atoms with Gasteiger partial charge in [-0.05, 0) is 72.8 Å². The lowest BCUT2D eigenvalue weighted by Crippen LogP contribution is -2.41. The van der Waals surface area contributed by atoms with Crippen molar-refractivity contribution in [2.45, 2.75) is 39.7 Å². The van der Waals surface area contributed by atoms with Crippen molar-refractivity contribution in [1.29, 1.82) is 5.26 Å². The summed E-state index contributed by atoms with van der Waals surface area (Å²) in [4.78, 5) is 27.4. The molecule has 0 saturated heterocycles. The summed E-state index contributed by atoms with van der Waals surface area (Å²) < 4.78 is 0. The molecule has 0 atom stereocenters. The molecule has 1 saturated carbocycles. The standard InChI is InChI=1S/C25H29ClN4O2/c1-25(2,15-28)16-30(24(32)19-8-6-17(13-27)7-9-19)14-20-12-21(10-11-22(20)26)29-23(31)18-4-3-5-18/h6-12,18H,3-5,14-16,28H2,1-2H3,(H,29,31). The van der Waals surface area contributed by atoms with Crippen LogP contribution < -0.4 is 11.1 Å². The smallest absolute Gasteiger partial charge is 0.254 e. The van der Waals surface area contributed by atoms with Crippen LogP contribution in [0.4, 0.5) is 5.69 Å². The third kappa shape index (κ3) is 5.87. The molecule has 7 heteroatoms. The first-order valence-electron chi connectivity index (χ1n) is 10.8. The van der Waals surface area contributed by atoms with Gasteiger partial charge in [0.25, 0.3) is 5.91 Å². The van der Waals surface area contributed by atoms with Crippen molar-refractivity contribution in [2.75, 3.05) is 18.4 Å². The highest BCUT2D eigenvalue weighted by molar-refractivity contribution is 6.31. The Kier molecular flexibility index (Phi) is 7.55. The quantitative estimate of drug-likeness (QED) is 0.612. The van der Waals surface area contributed by atoms with E-state index >= 15 is 0 Å². The second-order valence-corrected chi connectivity index (χ2v) is 9.55. The highest BCUT2D eigenvalue weighted by atomic mass is 35.5. The van der Waals surface area contributed by atoms with E-state index in [1.807, 2.05) is 19.9 Å². The molecule has 1 aliphatic carbocycles. The molecule has 3 rings (SSSR count). The number of carbonyl (C=O) groups excluding carboxylic acids is 2. The number of nitrogens with zero attached hydrogens (tertiary/aromatic N) is 2. The molecule has 2 aromatic rings. The Morgan fingerprint density at radius 3 is 2.47 bits per heavy atom. The van der Waals surface area contributed by atoms with Gasteiger partial charge in [-0.15, -0.1) is 0 Å². The van der Waals surface area contributed by atoms with E-state index in [0.717, 1.165) is 24.8 Å². The molecular formula is C25H29ClN4O2. The van der Waals surface area contributed by atoms with Gasteiger partial charge in [-0.3, -0.25) is 9.59 Å². The largest absolute Gasteiger partial charge is 0.334 e. The molecule has 6 nitrogen and oxygen atoms in total. The zero-order valence-electron chi connectivity index (χ0n) is 18.5. The van der Waals surface area contributed by atoms with Crippen LogP contribution in [0, 0.1) is 22.7 Å². The van der Waals surface area contributed by atoms with Gasteiger partial charge in [0.05, 0.1) is 11.6 Å². The highest BCUT2D eigenvalue weighted by Crippen LogP contribution is 2.29. The van der Waals surface area contributed by atoms with Crippen molar-refractivity contribution in [3.05, 3.63) is 64.2 Å². The van der Waals surface area contributed by atoms with E-state index in [-0.39, 0.29) is 29.7 Å². The number of hydrogen-bond donors (Lipinski definition) is 2. The molecule has 1 aliphatic rings. The van der Waals surface area contributed by atoms with Crippen molar-refractivity contribution in [1.82, 2.24) is 4.90 Å². The molecule has 0 spiro atoms. The van der Waals surface area contributed by atoms with E-state index in [2.05, 4.69) is 11.4 Å². The van der Waals surface area contributed by atoms with E-state index in [0.29, 0.717) is 34.9 Å². The van der Waals surface area contributed by atoms with Crippen molar-refractivity contribution < 1.29 is 9.59 Å². The van der Waals surface area contributed by atoms with Gasteiger partial charge in [0.1, 0.15) is 0 Å². The second-order valence-electron chi connectivity index (χ2n) is 9.14. The number of nitrogens with one attached hydrogen (secondary N) is 1. The summed E-state index contributed by atoms with van der Waals surface area (Å²) >= 11 is 6.46. The number of nitriles is 1. The summed E-state index contributed by atoms with van der Waals surface area (Å²) in [7, 11) is 0. The van der Waals surface area contributed by atoms with Crippen LogP contribution in [-0.4, -0.2) is 29.8 Å². The fourth-order valence-electron chi connectivity index (χ4n) is 3.54. The predicted octanol–water partition coefficient (Wildman–Crippen LogP) is 4.58.